The number of carbonyl (C=O) groups excluding carboxylic acids is 3. The van der Waals surface area contributed by atoms with Crippen LogP contribution >= 0.6 is 0 Å². The molecule has 0 radical (unpaired) electrons. The van der Waals surface area contributed by atoms with E-state index in [-0.39, 0.29) is 51.2 Å². The normalized spacial score (nSPS) is 50.7. The van der Waals surface area contributed by atoms with Crippen LogP contribution in [0.5, 0.6) is 0 Å². The molecule has 0 amide bonds. The van der Waals surface area contributed by atoms with Crippen LogP contribution < -0.4 is 0 Å². The van der Waals surface area contributed by atoms with Crippen LogP contribution in [0, 0.1) is 56.7 Å². The van der Waals surface area contributed by atoms with Gasteiger partial charge in [-0.2, -0.15) is 0 Å². The smallest absolute Gasteiger partial charge is 0.312 e. The Hall–Kier alpha value is -1.45. The van der Waals surface area contributed by atoms with E-state index < -0.39 is 5.41 Å². The van der Waals surface area contributed by atoms with Crippen molar-refractivity contribution in [3.05, 3.63) is 11.6 Å². The second-order valence-electron chi connectivity index (χ2n) is 14.4. The van der Waals surface area contributed by atoms with Gasteiger partial charge in [-0.1, -0.05) is 54.0 Å². The molecule has 0 unspecified atom stereocenters. The van der Waals surface area contributed by atoms with Crippen molar-refractivity contribution in [2.24, 2.45) is 56.7 Å². The average molecular weight is 483 g/mol. The third-order valence-corrected chi connectivity index (χ3v) is 13.1. The van der Waals surface area contributed by atoms with Crippen LogP contribution in [-0.4, -0.2) is 24.6 Å². The van der Waals surface area contributed by atoms with Crippen molar-refractivity contribution in [1.82, 2.24) is 0 Å². The molecule has 35 heavy (non-hydrogen) atoms. The Balaban J connectivity index is 1.67. The van der Waals surface area contributed by atoms with E-state index in [0.717, 1.165) is 44.9 Å². The second-order valence-corrected chi connectivity index (χ2v) is 14.4. The first-order chi connectivity index (χ1) is 16.2. The SMILES string of the molecule is COC(=O)[C@]12CC[C@@H](C)[C@H](C)[C@H]1[C@H]1C(=O)C=C3[C@@]4(C)CCC(=O)C(C)(C)[C@@H]4CC[C@@]3(C)[C@]1(C)CC2. The van der Waals surface area contributed by atoms with Gasteiger partial charge in [-0.3, -0.25) is 14.4 Å². The molecule has 0 heterocycles. The summed E-state index contributed by atoms with van der Waals surface area (Å²) < 4.78 is 5.44. The van der Waals surface area contributed by atoms with E-state index in [1.165, 1.54) is 12.7 Å². The van der Waals surface area contributed by atoms with E-state index in [0.29, 0.717) is 24.0 Å². The molecule has 0 aromatic heterocycles. The van der Waals surface area contributed by atoms with Gasteiger partial charge in [0.2, 0.25) is 0 Å². The van der Waals surface area contributed by atoms with Gasteiger partial charge in [-0.05, 0) is 90.9 Å². The highest BCUT2D eigenvalue weighted by atomic mass is 16.5. The summed E-state index contributed by atoms with van der Waals surface area (Å²) in [7, 11) is 1.51. The van der Waals surface area contributed by atoms with Gasteiger partial charge in [-0.25, -0.2) is 0 Å². The molecular formula is C31H46O4. The molecule has 4 saturated carbocycles. The van der Waals surface area contributed by atoms with Crippen molar-refractivity contribution in [2.45, 2.75) is 99.8 Å². The maximum Gasteiger partial charge on any atom is 0.312 e. The zero-order valence-corrected chi connectivity index (χ0v) is 23.3. The van der Waals surface area contributed by atoms with Gasteiger partial charge in [0, 0.05) is 17.8 Å². The molecule has 4 nitrogen and oxygen atoms in total. The van der Waals surface area contributed by atoms with Gasteiger partial charge >= 0.3 is 5.97 Å². The highest BCUT2D eigenvalue weighted by molar-refractivity contribution is 5.96. The molecule has 9 atom stereocenters. The Morgan fingerprint density at radius 2 is 1.63 bits per heavy atom. The molecule has 0 aromatic rings. The molecule has 5 aliphatic rings. The summed E-state index contributed by atoms with van der Waals surface area (Å²) >= 11 is 0. The Labute approximate surface area is 212 Å². The van der Waals surface area contributed by atoms with Gasteiger partial charge in [0.1, 0.15) is 5.78 Å². The van der Waals surface area contributed by atoms with Gasteiger partial charge in [0.15, 0.2) is 5.78 Å². The van der Waals surface area contributed by atoms with Crippen molar-refractivity contribution in [3.8, 4) is 0 Å². The first kappa shape index (κ1) is 25.2. The average Bonchev–Trinajstić information content (AvgIpc) is 2.80. The summed E-state index contributed by atoms with van der Waals surface area (Å²) in [6.07, 6.45) is 9.06. The number of fused-ring (bicyclic) bond motifs is 7. The van der Waals surface area contributed by atoms with Crippen LogP contribution in [0.1, 0.15) is 99.8 Å². The number of hydrogen-bond donors (Lipinski definition) is 0. The molecule has 0 aliphatic heterocycles. The predicted molar refractivity (Wildman–Crippen MR) is 136 cm³/mol. The molecule has 0 saturated heterocycles. The summed E-state index contributed by atoms with van der Waals surface area (Å²) in [5.74, 6) is 1.44. The lowest BCUT2D eigenvalue weighted by atomic mass is 9.33. The minimum Gasteiger partial charge on any atom is -0.469 e. The van der Waals surface area contributed by atoms with Crippen molar-refractivity contribution in [1.29, 1.82) is 0 Å². The van der Waals surface area contributed by atoms with E-state index in [2.05, 4.69) is 48.5 Å². The predicted octanol–water partition coefficient (Wildman–Crippen LogP) is 6.57. The van der Waals surface area contributed by atoms with Gasteiger partial charge in [0.25, 0.3) is 0 Å². The fourth-order valence-electron chi connectivity index (χ4n) is 10.6. The van der Waals surface area contributed by atoms with E-state index >= 15 is 0 Å². The number of allylic oxidation sites excluding steroid dienone is 2. The zero-order valence-electron chi connectivity index (χ0n) is 23.3. The van der Waals surface area contributed by atoms with Crippen molar-refractivity contribution >= 4 is 17.5 Å². The van der Waals surface area contributed by atoms with Crippen LogP contribution in [0.3, 0.4) is 0 Å². The summed E-state index contributed by atoms with van der Waals surface area (Å²) in [5, 5.41) is 0. The number of hydrogen-bond acceptors (Lipinski definition) is 4. The fraction of sp³-hybridized carbons (Fsp3) is 0.839. The molecule has 0 spiro atoms. The maximum atomic E-state index is 14.3. The molecular weight excluding hydrogens is 436 g/mol. The van der Waals surface area contributed by atoms with E-state index in [9.17, 15) is 14.4 Å². The lowest BCUT2D eigenvalue weighted by Crippen LogP contribution is -2.66. The van der Waals surface area contributed by atoms with Crippen LogP contribution in [0.2, 0.25) is 0 Å². The van der Waals surface area contributed by atoms with Crippen LogP contribution in [-0.2, 0) is 19.1 Å². The molecule has 4 fully saturated rings. The maximum absolute atomic E-state index is 14.3. The van der Waals surface area contributed by atoms with E-state index in [1.807, 2.05) is 6.08 Å². The Morgan fingerprint density at radius 3 is 2.29 bits per heavy atom. The molecule has 5 rings (SSSR count). The van der Waals surface area contributed by atoms with Crippen molar-refractivity contribution in [2.75, 3.05) is 7.11 Å². The summed E-state index contributed by atoms with van der Waals surface area (Å²) in [6, 6.07) is 0. The molecule has 194 valence electrons. The first-order valence-corrected chi connectivity index (χ1v) is 14.1. The minimum atomic E-state index is -0.539. The van der Waals surface area contributed by atoms with Crippen molar-refractivity contribution < 1.29 is 19.1 Å². The highest BCUT2D eigenvalue weighted by Gasteiger charge is 2.71. The number of rotatable bonds is 1. The standard InChI is InChI=1S/C31H46O4/c1-18-9-14-31(26(34)35-8)16-15-30(7)25(24(31)19(18)2)20(32)17-22-28(5)12-11-23(33)27(3,4)21(28)10-13-29(22,30)6/h17-19,21,24-25H,9-16H2,1-8H3/t18-,19+,21+,24+,25-,28+,29-,30-,31+/m1/s1. The molecule has 0 aromatic carbocycles. The highest BCUT2D eigenvalue weighted by Crippen LogP contribution is 2.75. The first-order valence-electron chi connectivity index (χ1n) is 14.1. The van der Waals surface area contributed by atoms with Crippen LogP contribution in [0.15, 0.2) is 11.6 Å². The monoisotopic (exact) mass is 482 g/mol. The van der Waals surface area contributed by atoms with Crippen LogP contribution in [0.25, 0.3) is 0 Å². The number of ether oxygens (including phenoxy) is 1. The Bertz CT molecular complexity index is 1010. The van der Waals surface area contributed by atoms with Gasteiger partial charge in [0.05, 0.1) is 12.5 Å². The summed E-state index contributed by atoms with van der Waals surface area (Å²) in [5.41, 5.74) is -0.000751. The molecule has 4 heteroatoms. The van der Waals surface area contributed by atoms with Gasteiger partial charge in [-0.15, -0.1) is 0 Å². The lowest BCUT2D eigenvalue weighted by molar-refractivity contribution is -0.197. The number of carbonyl (C=O) groups is 3. The molecule has 0 bridgehead atoms. The summed E-state index contributed by atoms with van der Waals surface area (Å²) in [6.45, 7) is 16.0. The van der Waals surface area contributed by atoms with Crippen molar-refractivity contribution in [3.63, 3.8) is 0 Å². The molecule has 5 aliphatic carbocycles. The molecule has 0 N–H and O–H groups in total. The number of ketones is 2. The number of methoxy groups -OCH3 is 1. The largest absolute Gasteiger partial charge is 0.469 e. The topological polar surface area (TPSA) is 60.4 Å². The van der Waals surface area contributed by atoms with E-state index in [4.69, 9.17) is 4.74 Å². The second kappa shape index (κ2) is 7.54. The van der Waals surface area contributed by atoms with Gasteiger partial charge < -0.3 is 4.74 Å². The Morgan fingerprint density at radius 1 is 0.943 bits per heavy atom. The summed E-state index contributed by atoms with van der Waals surface area (Å²) in [4.78, 5) is 40.7. The van der Waals surface area contributed by atoms with Crippen LogP contribution in [0.4, 0.5) is 0 Å². The third-order valence-electron chi connectivity index (χ3n) is 13.1. The Kier molecular flexibility index (Phi) is 5.43. The fourth-order valence-corrected chi connectivity index (χ4v) is 10.6. The quantitative estimate of drug-likeness (QED) is 0.397. The lowest BCUT2D eigenvalue weighted by Gasteiger charge is -2.69. The third kappa shape index (κ3) is 2.89. The minimum absolute atomic E-state index is 0.0227. The zero-order chi connectivity index (χ0) is 25.8. The number of Topliss-reactive ketones (excluding diaryl/α,β-unsaturated/α-hetero) is 1. The number of esters is 1. The van der Waals surface area contributed by atoms with E-state index in [1.54, 1.807) is 0 Å².